The molecule has 110 valence electrons. The van der Waals surface area contributed by atoms with Gasteiger partial charge in [0.1, 0.15) is 0 Å². The summed E-state index contributed by atoms with van der Waals surface area (Å²) in [5.74, 6) is 5.52. The van der Waals surface area contributed by atoms with Crippen molar-refractivity contribution in [1.29, 1.82) is 0 Å². The van der Waals surface area contributed by atoms with Crippen molar-refractivity contribution in [2.45, 2.75) is 24.8 Å². The summed E-state index contributed by atoms with van der Waals surface area (Å²) in [7, 11) is 0. The molecule has 0 saturated carbocycles. The molecule has 0 atom stereocenters. The lowest BCUT2D eigenvalue weighted by Crippen LogP contribution is -2.29. The molecule has 0 bridgehead atoms. The van der Waals surface area contributed by atoms with E-state index in [0.29, 0.717) is 11.3 Å². The van der Waals surface area contributed by atoms with Crippen molar-refractivity contribution >= 4 is 33.6 Å². The van der Waals surface area contributed by atoms with Crippen LogP contribution in [0.4, 0.5) is 0 Å². The minimum atomic E-state index is -0.312. The fraction of sp³-hybridized carbons (Fsp3) is 0.214. The molecule has 3 N–H and O–H groups in total. The van der Waals surface area contributed by atoms with Gasteiger partial charge in [0.15, 0.2) is 5.16 Å². The predicted octanol–water partition coefficient (Wildman–Crippen LogP) is 2.75. The van der Waals surface area contributed by atoms with E-state index < -0.39 is 0 Å². The van der Waals surface area contributed by atoms with Crippen LogP contribution >= 0.6 is 27.7 Å². The van der Waals surface area contributed by atoms with Gasteiger partial charge in [0, 0.05) is 27.2 Å². The number of aryl methyl sites for hydroxylation is 2. The van der Waals surface area contributed by atoms with Crippen LogP contribution in [0.2, 0.25) is 0 Å². The van der Waals surface area contributed by atoms with Crippen LogP contribution in [0.5, 0.6) is 0 Å². The van der Waals surface area contributed by atoms with E-state index >= 15 is 0 Å². The highest BCUT2D eigenvalue weighted by Gasteiger charge is 2.08. The Labute approximate surface area is 135 Å². The van der Waals surface area contributed by atoms with Crippen LogP contribution in [-0.2, 0) is 5.75 Å². The number of carbonyl (C=O) groups is 1. The molecule has 0 radical (unpaired) electrons. The number of thioether (sulfide) groups is 1. The van der Waals surface area contributed by atoms with Gasteiger partial charge in [0.25, 0.3) is 5.91 Å². The van der Waals surface area contributed by atoms with E-state index in [1.54, 1.807) is 23.9 Å². The lowest BCUT2D eigenvalue weighted by atomic mass is 10.1. The lowest BCUT2D eigenvalue weighted by Gasteiger charge is -2.07. The van der Waals surface area contributed by atoms with Crippen LogP contribution in [0.1, 0.15) is 27.3 Å². The number of hydrogen-bond donors (Lipinski definition) is 2. The van der Waals surface area contributed by atoms with Crippen molar-refractivity contribution in [3.05, 3.63) is 51.3 Å². The molecule has 2 rings (SSSR count). The van der Waals surface area contributed by atoms with Crippen LogP contribution in [0.3, 0.4) is 0 Å². The average Bonchev–Trinajstić information content (AvgIpc) is 2.44. The smallest absolute Gasteiger partial charge is 0.265 e. The van der Waals surface area contributed by atoms with Crippen molar-refractivity contribution in [2.24, 2.45) is 5.84 Å². The summed E-state index contributed by atoms with van der Waals surface area (Å²) in [5.41, 5.74) is 5.61. The molecule has 1 amide bonds. The molecule has 2 aromatic rings. The van der Waals surface area contributed by atoms with E-state index in [9.17, 15) is 4.79 Å². The summed E-state index contributed by atoms with van der Waals surface area (Å²) in [6.07, 6.45) is 0. The predicted molar refractivity (Wildman–Crippen MR) is 86.9 cm³/mol. The molecule has 21 heavy (non-hydrogen) atoms. The molecule has 0 aliphatic rings. The van der Waals surface area contributed by atoms with E-state index in [-0.39, 0.29) is 5.91 Å². The molecule has 1 aromatic heterocycles. The molecule has 0 unspecified atom stereocenters. The maximum atomic E-state index is 11.4. The minimum absolute atomic E-state index is 0.312. The van der Waals surface area contributed by atoms with Gasteiger partial charge in [-0.1, -0.05) is 33.8 Å². The third-order valence-electron chi connectivity index (χ3n) is 2.76. The third-order valence-corrected chi connectivity index (χ3v) is 4.40. The maximum Gasteiger partial charge on any atom is 0.265 e. The Bertz CT molecular complexity index is 658. The second-order valence-corrected chi connectivity index (χ2v) is 6.30. The first-order valence-electron chi connectivity index (χ1n) is 6.24. The Morgan fingerprint density at radius 1 is 1.29 bits per heavy atom. The fourth-order valence-electron chi connectivity index (χ4n) is 1.79. The van der Waals surface area contributed by atoms with Gasteiger partial charge in [-0.2, -0.15) is 0 Å². The van der Waals surface area contributed by atoms with Gasteiger partial charge < -0.3 is 0 Å². The number of benzene rings is 1. The second-order valence-electron chi connectivity index (χ2n) is 4.50. The number of nitrogen functional groups attached to an aromatic ring is 1. The number of aromatic nitrogens is 2. The summed E-state index contributed by atoms with van der Waals surface area (Å²) >= 11 is 5.03. The first-order valence-corrected chi connectivity index (χ1v) is 8.02. The van der Waals surface area contributed by atoms with Crippen molar-refractivity contribution in [2.75, 3.05) is 0 Å². The molecule has 0 aliphatic heterocycles. The summed E-state index contributed by atoms with van der Waals surface area (Å²) in [6, 6.07) is 7.33. The Morgan fingerprint density at radius 2 is 1.95 bits per heavy atom. The summed E-state index contributed by atoms with van der Waals surface area (Å²) in [5, 5.41) is 0.753. The summed E-state index contributed by atoms with van der Waals surface area (Å²) in [4.78, 5) is 20.2. The van der Waals surface area contributed by atoms with Crippen molar-refractivity contribution in [3.63, 3.8) is 0 Å². The van der Waals surface area contributed by atoms with Crippen molar-refractivity contribution < 1.29 is 4.79 Å². The van der Waals surface area contributed by atoms with Gasteiger partial charge in [-0.05, 0) is 37.6 Å². The summed E-state index contributed by atoms with van der Waals surface area (Å²) in [6.45, 7) is 3.91. The largest absolute Gasteiger partial charge is 0.290 e. The van der Waals surface area contributed by atoms with Gasteiger partial charge in [-0.25, -0.2) is 15.8 Å². The number of carbonyl (C=O) groups excluding carboxylic acids is 1. The minimum Gasteiger partial charge on any atom is -0.290 e. The van der Waals surface area contributed by atoms with E-state index in [0.717, 1.165) is 26.6 Å². The average molecular weight is 367 g/mol. The zero-order valence-electron chi connectivity index (χ0n) is 11.7. The number of hydrazine groups is 1. The first kappa shape index (κ1) is 15.9. The molecule has 1 heterocycles. The number of nitrogens with one attached hydrogen (secondary N) is 1. The van der Waals surface area contributed by atoms with Crippen molar-refractivity contribution in [3.8, 4) is 0 Å². The van der Waals surface area contributed by atoms with Crippen LogP contribution in [0, 0.1) is 13.8 Å². The molecular weight excluding hydrogens is 352 g/mol. The standard InChI is InChI=1S/C14H15BrN4OS/c1-8-5-9(2)18-14(17-8)21-7-11-4-3-10(6-12(11)15)13(20)19-16/h3-6H,7,16H2,1-2H3,(H,19,20). The highest BCUT2D eigenvalue weighted by Crippen LogP contribution is 2.26. The number of nitrogens with zero attached hydrogens (tertiary/aromatic N) is 2. The Balaban J connectivity index is 2.11. The van der Waals surface area contributed by atoms with E-state index in [1.165, 1.54) is 0 Å². The Kier molecular flexibility index (Phi) is 5.33. The van der Waals surface area contributed by atoms with Crippen LogP contribution in [-0.4, -0.2) is 15.9 Å². The number of rotatable bonds is 4. The SMILES string of the molecule is Cc1cc(C)nc(SCc2ccc(C(=O)NN)cc2Br)n1. The first-order chi connectivity index (χ1) is 9.99. The van der Waals surface area contributed by atoms with Gasteiger partial charge in [-0.3, -0.25) is 10.2 Å². The zero-order chi connectivity index (χ0) is 15.4. The van der Waals surface area contributed by atoms with E-state index in [4.69, 9.17) is 5.84 Å². The second kappa shape index (κ2) is 7.02. The Hall–Kier alpha value is -1.44. The topological polar surface area (TPSA) is 80.9 Å². The Morgan fingerprint density at radius 3 is 2.52 bits per heavy atom. The third kappa shape index (κ3) is 4.26. The van der Waals surface area contributed by atoms with Crippen LogP contribution in [0.25, 0.3) is 0 Å². The molecular formula is C14H15BrN4OS. The number of hydrogen-bond acceptors (Lipinski definition) is 5. The number of halogens is 1. The highest BCUT2D eigenvalue weighted by molar-refractivity contribution is 9.10. The van der Waals surface area contributed by atoms with Gasteiger partial charge in [-0.15, -0.1) is 0 Å². The number of nitrogens with two attached hydrogens (primary N) is 1. The monoisotopic (exact) mass is 366 g/mol. The number of amides is 1. The van der Waals surface area contributed by atoms with E-state index in [1.807, 2.05) is 26.0 Å². The highest BCUT2D eigenvalue weighted by atomic mass is 79.9. The lowest BCUT2D eigenvalue weighted by molar-refractivity contribution is 0.0953. The molecule has 0 fully saturated rings. The molecule has 1 aromatic carbocycles. The van der Waals surface area contributed by atoms with Crippen LogP contribution < -0.4 is 11.3 Å². The molecule has 0 saturated heterocycles. The van der Waals surface area contributed by atoms with E-state index in [2.05, 4.69) is 31.3 Å². The molecule has 0 aliphatic carbocycles. The molecule has 5 nitrogen and oxygen atoms in total. The molecule has 0 spiro atoms. The molecule has 7 heteroatoms. The normalized spacial score (nSPS) is 10.5. The summed E-state index contributed by atoms with van der Waals surface area (Å²) < 4.78 is 0.862. The zero-order valence-corrected chi connectivity index (χ0v) is 14.1. The van der Waals surface area contributed by atoms with Gasteiger partial charge >= 0.3 is 0 Å². The fourth-order valence-corrected chi connectivity index (χ4v) is 3.45. The quantitative estimate of drug-likeness (QED) is 0.286. The van der Waals surface area contributed by atoms with Gasteiger partial charge in [0.05, 0.1) is 0 Å². The maximum absolute atomic E-state index is 11.4. The van der Waals surface area contributed by atoms with Crippen molar-refractivity contribution in [1.82, 2.24) is 15.4 Å². The van der Waals surface area contributed by atoms with Crippen LogP contribution in [0.15, 0.2) is 33.9 Å². The van der Waals surface area contributed by atoms with Gasteiger partial charge in [0.2, 0.25) is 0 Å².